The molecule has 0 aliphatic carbocycles. The van der Waals surface area contributed by atoms with Crippen LogP contribution in [0.1, 0.15) is 16.2 Å². The second kappa shape index (κ2) is 7.87. The Labute approximate surface area is 145 Å². The molecule has 2 heterocycles. The number of methoxy groups -OCH3 is 1. The van der Waals surface area contributed by atoms with E-state index in [0.717, 1.165) is 5.69 Å². The van der Waals surface area contributed by atoms with Crippen LogP contribution in [0.25, 0.3) is 0 Å². The molecule has 0 saturated heterocycles. The Hall–Kier alpha value is -3.48. The molecule has 0 atom stereocenters. The lowest BCUT2D eigenvalue weighted by Crippen LogP contribution is -2.14. The third-order valence-electron chi connectivity index (χ3n) is 3.40. The summed E-state index contributed by atoms with van der Waals surface area (Å²) >= 11 is 0. The van der Waals surface area contributed by atoms with E-state index in [1.54, 1.807) is 43.6 Å². The topological polar surface area (TPSA) is 89.0 Å². The molecule has 2 aromatic heterocycles. The molecule has 1 amide bonds. The molecule has 25 heavy (non-hydrogen) atoms. The van der Waals surface area contributed by atoms with Crippen molar-refractivity contribution in [2.75, 3.05) is 17.7 Å². The van der Waals surface area contributed by atoms with Crippen molar-refractivity contribution >= 4 is 17.4 Å². The number of nitrogens with zero attached hydrogens (tertiary/aromatic N) is 3. The first-order valence-electron chi connectivity index (χ1n) is 7.66. The molecule has 0 bridgehead atoms. The van der Waals surface area contributed by atoms with Crippen LogP contribution in [0.3, 0.4) is 0 Å². The maximum absolute atomic E-state index is 12.4. The summed E-state index contributed by atoms with van der Waals surface area (Å²) in [6.07, 6.45) is 3.07. The van der Waals surface area contributed by atoms with Crippen LogP contribution in [0.5, 0.6) is 5.75 Å². The molecule has 7 nitrogen and oxygen atoms in total. The van der Waals surface area contributed by atoms with E-state index < -0.39 is 0 Å². The van der Waals surface area contributed by atoms with Crippen molar-refractivity contribution in [2.24, 2.45) is 0 Å². The minimum atomic E-state index is -0.323. The van der Waals surface area contributed by atoms with E-state index in [9.17, 15) is 4.79 Å². The summed E-state index contributed by atoms with van der Waals surface area (Å²) in [6.45, 7) is 0.509. The van der Waals surface area contributed by atoms with Gasteiger partial charge in [-0.25, -0.2) is 9.97 Å². The van der Waals surface area contributed by atoms with Crippen LogP contribution in [0.4, 0.5) is 11.5 Å². The Morgan fingerprint density at radius 2 is 2.00 bits per heavy atom. The third kappa shape index (κ3) is 4.51. The number of carbonyl (C=O) groups is 1. The quantitative estimate of drug-likeness (QED) is 0.720. The van der Waals surface area contributed by atoms with Crippen molar-refractivity contribution in [1.29, 1.82) is 0 Å². The second-order valence-electron chi connectivity index (χ2n) is 5.15. The van der Waals surface area contributed by atoms with Gasteiger partial charge in [-0.3, -0.25) is 9.78 Å². The van der Waals surface area contributed by atoms with E-state index in [1.807, 2.05) is 18.2 Å². The van der Waals surface area contributed by atoms with Gasteiger partial charge in [0.25, 0.3) is 5.91 Å². The fraction of sp³-hybridized carbons (Fsp3) is 0.111. The first-order chi connectivity index (χ1) is 12.2. The molecule has 0 unspecified atom stereocenters. The summed E-state index contributed by atoms with van der Waals surface area (Å²) < 4.78 is 5.14. The van der Waals surface area contributed by atoms with Crippen molar-refractivity contribution < 1.29 is 9.53 Å². The van der Waals surface area contributed by atoms with Gasteiger partial charge in [-0.15, -0.1) is 0 Å². The Kier molecular flexibility index (Phi) is 5.16. The summed E-state index contributed by atoms with van der Waals surface area (Å²) in [6, 6.07) is 14.4. The average molecular weight is 335 g/mol. The fourth-order valence-electron chi connectivity index (χ4n) is 2.16. The number of benzene rings is 1. The van der Waals surface area contributed by atoms with Crippen LogP contribution in [0.15, 0.2) is 61.1 Å². The Bertz CT molecular complexity index is 855. The number of rotatable bonds is 6. The number of anilines is 2. The lowest BCUT2D eigenvalue weighted by Gasteiger charge is -2.08. The van der Waals surface area contributed by atoms with Crippen molar-refractivity contribution in [3.8, 4) is 5.75 Å². The Morgan fingerprint density at radius 1 is 1.08 bits per heavy atom. The molecule has 0 radical (unpaired) electrons. The Morgan fingerprint density at radius 3 is 2.80 bits per heavy atom. The standard InChI is InChI=1S/C18H17N5O2/c1-25-15-7-4-6-13(9-15)23-18(24)16-10-17(22-12-21-16)20-11-14-5-2-3-8-19-14/h2-10,12H,11H2,1H3,(H,23,24)(H,20,21,22). The summed E-state index contributed by atoms with van der Waals surface area (Å²) in [5, 5.41) is 5.91. The highest BCUT2D eigenvalue weighted by Gasteiger charge is 2.10. The van der Waals surface area contributed by atoms with Gasteiger partial charge < -0.3 is 15.4 Å². The second-order valence-corrected chi connectivity index (χ2v) is 5.15. The van der Waals surface area contributed by atoms with Gasteiger partial charge in [-0.1, -0.05) is 12.1 Å². The number of amides is 1. The van der Waals surface area contributed by atoms with Crippen LogP contribution < -0.4 is 15.4 Å². The SMILES string of the molecule is COc1cccc(NC(=O)c2cc(NCc3ccccn3)ncn2)c1. The number of nitrogens with one attached hydrogen (secondary N) is 2. The molecular formula is C18H17N5O2. The van der Waals surface area contributed by atoms with Crippen LogP contribution in [0.2, 0.25) is 0 Å². The number of carbonyl (C=O) groups excluding carboxylic acids is 1. The zero-order valence-electron chi connectivity index (χ0n) is 13.6. The monoisotopic (exact) mass is 335 g/mol. The van der Waals surface area contributed by atoms with Crippen molar-refractivity contribution in [3.05, 3.63) is 72.4 Å². The smallest absolute Gasteiger partial charge is 0.274 e. The molecule has 7 heteroatoms. The van der Waals surface area contributed by atoms with Crippen molar-refractivity contribution in [3.63, 3.8) is 0 Å². The number of pyridine rings is 1. The predicted octanol–water partition coefficient (Wildman–Crippen LogP) is 2.74. The Balaban J connectivity index is 1.66. The summed E-state index contributed by atoms with van der Waals surface area (Å²) in [7, 11) is 1.57. The normalized spacial score (nSPS) is 10.1. The summed E-state index contributed by atoms with van der Waals surface area (Å²) in [5.74, 6) is 0.895. The minimum absolute atomic E-state index is 0.265. The van der Waals surface area contributed by atoms with Gasteiger partial charge in [0.05, 0.1) is 19.3 Å². The van der Waals surface area contributed by atoms with E-state index in [1.165, 1.54) is 6.33 Å². The van der Waals surface area contributed by atoms with Crippen LogP contribution in [0, 0.1) is 0 Å². The van der Waals surface area contributed by atoms with Gasteiger partial charge in [-0.05, 0) is 24.3 Å². The molecule has 3 rings (SSSR count). The van der Waals surface area contributed by atoms with E-state index in [4.69, 9.17) is 4.74 Å². The van der Waals surface area contributed by atoms with Crippen LogP contribution in [-0.2, 0) is 6.54 Å². The third-order valence-corrected chi connectivity index (χ3v) is 3.40. The molecule has 0 saturated carbocycles. The molecule has 0 spiro atoms. The predicted molar refractivity (Wildman–Crippen MR) is 94.5 cm³/mol. The maximum Gasteiger partial charge on any atom is 0.274 e. The number of hydrogen-bond donors (Lipinski definition) is 2. The van der Waals surface area contributed by atoms with E-state index in [-0.39, 0.29) is 11.6 Å². The zero-order chi connectivity index (χ0) is 17.5. The van der Waals surface area contributed by atoms with E-state index >= 15 is 0 Å². The molecule has 0 aliphatic rings. The number of ether oxygens (including phenoxy) is 1. The minimum Gasteiger partial charge on any atom is -0.497 e. The van der Waals surface area contributed by atoms with Crippen LogP contribution >= 0.6 is 0 Å². The van der Waals surface area contributed by atoms with Crippen molar-refractivity contribution in [1.82, 2.24) is 15.0 Å². The first-order valence-corrected chi connectivity index (χ1v) is 7.66. The molecular weight excluding hydrogens is 318 g/mol. The molecule has 126 valence electrons. The summed E-state index contributed by atoms with van der Waals surface area (Å²) in [5.41, 5.74) is 1.77. The zero-order valence-corrected chi connectivity index (χ0v) is 13.6. The largest absolute Gasteiger partial charge is 0.497 e. The highest BCUT2D eigenvalue weighted by molar-refractivity contribution is 6.03. The highest BCUT2D eigenvalue weighted by atomic mass is 16.5. The van der Waals surface area contributed by atoms with Crippen molar-refractivity contribution in [2.45, 2.75) is 6.54 Å². The van der Waals surface area contributed by atoms with E-state index in [0.29, 0.717) is 23.8 Å². The van der Waals surface area contributed by atoms with Gasteiger partial charge in [0.1, 0.15) is 23.6 Å². The first kappa shape index (κ1) is 16.4. The lowest BCUT2D eigenvalue weighted by atomic mass is 10.3. The van der Waals surface area contributed by atoms with Gasteiger partial charge in [0, 0.05) is 24.0 Å². The van der Waals surface area contributed by atoms with Crippen LogP contribution in [-0.4, -0.2) is 28.0 Å². The number of hydrogen-bond acceptors (Lipinski definition) is 6. The fourth-order valence-corrected chi connectivity index (χ4v) is 2.16. The maximum atomic E-state index is 12.4. The lowest BCUT2D eigenvalue weighted by molar-refractivity contribution is 0.102. The number of aromatic nitrogens is 3. The molecule has 0 fully saturated rings. The summed E-state index contributed by atoms with van der Waals surface area (Å²) in [4.78, 5) is 24.7. The average Bonchev–Trinajstić information content (AvgIpc) is 2.67. The molecule has 0 aliphatic heterocycles. The van der Waals surface area contributed by atoms with Gasteiger partial charge in [-0.2, -0.15) is 0 Å². The molecule has 1 aromatic carbocycles. The van der Waals surface area contributed by atoms with Gasteiger partial charge in [0.2, 0.25) is 0 Å². The highest BCUT2D eigenvalue weighted by Crippen LogP contribution is 2.17. The molecule has 2 N–H and O–H groups in total. The van der Waals surface area contributed by atoms with Gasteiger partial charge in [0.15, 0.2) is 0 Å². The van der Waals surface area contributed by atoms with Gasteiger partial charge >= 0.3 is 0 Å². The molecule has 3 aromatic rings. The van der Waals surface area contributed by atoms with E-state index in [2.05, 4.69) is 25.6 Å².